The first-order chi connectivity index (χ1) is 10.1. The molecule has 0 atom stereocenters. The van der Waals surface area contributed by atoms with Crippen molar-refractivity contribution in [2.75, 3.05) is 5.32 Å². The number of aryl methyl sites for hydroxylation is 1. The molecule has 2 aromatic rings. The number of aromatic nitrogens is 3. The van der Waals surface area contributed by atoms with E-state index < -0.39 is 0 Å². The van der Waals surface area contributed by atoms with Gasteiger partial charge in [-0.3, -0.25) is 0 Å². The van der Waals surface area contributed by atoms with Gasteiger partial charge in [-0.1, -0.05) is 31.5 Å². The standard InChI is InChI=1S/C15H19ClN4O/c1-4-7-11-8-5-6-9-12(11)17-14-18-13(16)19-15(20-14)21-10(2)3/h5-6,8-10H,4,7H2,1-3H3,(H,17,18,19,20). The summed E-state index contributed by atoms with van der Waals surface area (Å²) < 4.78 is 5.46. The van der Waals surface area contributed by atoms with Gasteiger partial charge < -0.3 is 10.1 Å². The lowest BCUT2D eigenvalue weighted by Crippen LogP contribution is -2.10. The van der Waals surface area contributed by atoms with E-state index in [9.17, 15) is 0 Å². The van der Waals surface area contributed by atoms with Crippen LogP contribution >= 0.6 is 11.6 Å². The van der Waals surface area contributed by atoms with Crippen LogP contribution in [0.4, 0.5) is 11.6 Å². The predicted octanol–water partition coefficient (Wildman–Crippen LogP) is 4.01. The molecule has 0 fully saturated rings. The van der Waals surface area contributed by atoms with Crippen molar-refractivity contribution < 1.29 is 4.74 Å². The zero-order chi connectivity index (χ0) is 15.2. The van der Waals surface area contributed by atoms with Crippen molar-refractivity contribution in [2.24, 2.45) is 0 Å². The highest BCUT2D eigenvalue weighted by Gasteiger charge is 2.09. The van der Waals surface area contributed by atoms with Gasteiger partial charge in [0.1, 0.15) is 0 Å². The van der Waals surface area contributed by atoms with Crippen LogP contribution < -0.4 is 10.1 Å². The molecule has 0 saturated carbocycles. The first kappa shape index (κ1) is 15.5. The van der Waals surface area contributed by atoms with E-state index in [-0.39, 0.29) is 17.4 Å². The average molecular weight is 307 g/mol. The number of anilines is 2. The maximum absolute atomic E-state index is 5.92. The zero-order valence-corrected chi connectivity index (χ0v) is 13.2. The molecule has 0 aliphatic rings. The lowest BCUT2D eigenvalue weighted by atomic mass is 10.1. The number of nitrogens with one attached hydrogen (secondary N) is 1. The van der Waals surface area contributed by atoms with E-state index in [1.54, 1.807) is 0 Å². The van der Waals surface area contributed by atoms with Gasteiger partial charge in [-0.25, -0.2) is 0 Å². The highest BCUT2D eigenvalue weighted by molar-refractivity contribution is 6.28. The van der Waals surface area contributed by atoms with Gasteiger partial charge in [0.2, 0.25) is 11.2 Å². The molecule has 1 aromatic heterocycles. The van der Waals surface area contributed by atoms with Crippen LogP contribution in [0.2, 0.25) is 5.28 Å². The van der Waals surface area contributed by atoms with Crippen LogP contribution in [0.3, 0.4) is 0 Å². The van der Waals surface area contributed by atoms with Gasteiger partial charge in [0.15, 0.2) is 0 Å². The number of hydrogen-bond donors (Lipinski definition) is 1. The Morgan fingerprint density at radius 1 is 1.19 bits per heavy atom. The second kappa shape index (κ2) is 7.22. The highest BCUT2D eigenvalue weighted by Crippen LogP contribution is 2.21. The summed E-state index contributed by atoms with van der Waals surface area (Å²) in [6.07, 6.45) is 2.03. The van der Waals surface area contributed by atoms with Crippen molar-refractivity contribution in [1.29, 1.82) is 0 Å². The Kier molecular flexibility index (Phi) is 5.33. The van der Waals surface area contributed by atoms with Gasteiger partial charge in [-0.15, -0.1) is 0 Å². The average Bonchev–Trinajstić information content (AvgIpc) is 2.40. The molecule has 0 bridgehead atoms. The molecule has 1 heterocycles. The molecule has 21 heavy (non-hydrogen) atoms. The molecule has 0 spiro atoms. The van der Waals surface area contributed by atoms with E-state index >= 15 is 0 Å². The topological polar surface area (TPSA) is 59.9 Å². The van der Waals surface area contributed by atoms with E-state index in [0.717, 1.165) is 18.5 Å². The predicted molar refractivity (Wildman–Crippen MR) is 84.3 cm³/mol. The molecule has 0 radical (unpaired) electrons. The first-order valence-corrected chi connectivity index (χ1v) is 7.39. The Bertz CT molecular complexity index is 604. The minimum Gasteiger partial charge on any atom is -0.461 e. The number of nitrogens with zero attached hydrogens (tertiary/aromatic N) is 3. The van der Waals surface area contributed by atoms with Crippen LogP contribution in [0.25, 0.3) is 0 Å². The summed E-state index contributed by atoms with van der Waals surface area (Å²) in [7, 11) is 0. The molecule has 0 saturated heterocycles. The van der Waals surface area contributed by atoms with Gasteiger partial charge in [-0.05, 0) is 43.5 Å². The zero-order valence-electron chi connectivity index (χ0n) is 12.4. The minimum atomic E-state index is -0.0244. The summed E-state index contributed by atoms with van der Waals surface area (Å²) in [5.74, 6) is 0.384. The molecule has 112 valence electrons. The first-order valence-electron chi connectivity index (χ1n) is 7.01. The normalized spacial score (nSPS) is 10.7. The number of hydrogen-bond acceptors (Lipinski definition) is 5. The van der Waals surface area contributed by atoms with Crippen molar-refractivity contribution in [3.8, 4) is 6.01 Å². The van der Waals surface area contributed by atoms with Crippen LogP contribution in [0.5, 0.6) is 6.01 Å². The molecule has 0 aliphatic heterocycles. The summed E-state index contributed by atoms with van der Waals surface area (Å²) >= 11 is 5.92. The number of rotatable bonds is 6. The molecule has 0 aliphatic carbocycles. The summed E-state index contributed by atoms with van der Waals surface area (Å²) in [5.41, 5.74) is 2.18. The smallest absolute Gasteiger partial charge is 0.322 e. The number of benzene rings is 1. The van der Waals surface area contributed by atoms with Crippen LogP contribution in [0.15, 0.2) is 24.3 Å². The monoisotopic (exact) mass is 306 g/mol. The van der Waals surface area contributed by atoms with Crippen LogP contribution in [-0.2, 0) is 6.42 Å². The van der Waals surface area contributed by atoms with Crippen molar-refractivity contribution in [3.05, 3.63) is 35.1 Å². The fourth-order valence-corrected chi connectivity index (χ4v) is 2.05. The second-order valence-corrected chi connectivity index (χ2v) is 5.25. The Morgan fingerprint density at radius 3 is 2.67 bits per heavy atom. The second-order valence-electron chi connectivity index (χ2n) is 4.91. The lowest BCUT2D eigenvalue weighted by Gasteiger charge is -2.12. The van der Waals surface area contributed by atoms with Gasteiger partial charge in [-0.2, -0.15) is 15.0 Å². The summed E-state index contributed by atoms with van der Waals surface area (Å²) in [4.78, 5) is 12.3. The molecule has 1 N–H and O–H groups in total. The fourth-order valence-electron chi connectivity index (χ4n) is 1.90. The van der Waals surface area contributed by atoms with Gasteiger partial charge in [0, 0.05) is 5.69 Å². The third-order valence-corrected chi connectivity index (χ3v) is 2.88. The van der Waals surface area contributed by atoms with Gasteiger partial charge >= 0.3 is 6.01 Å². The van der Waals surface area contributed by atoms with Crippen LogP contribution in [-0.4, -0.2) is 21.1 Å². The molecule has 2 rings (SSSR count). The minimum absolute atomic E-state index is 0.0244. The Hall–Kier alpha value is -1.88. The third-order valence-electron chi connectivity index (χ3n) is 2.71. The Morgan fingerprint density at radius 2 is 1.95 bits per heavy atom. The maximum Gasteiger partial charge on any atom is 0.322 e. The Balaban J connectivity index is 2.25. The summed E-state index contributed by atoms with van der Waals surface area (Å²) in [6, 6.07) is 8.28. The van der Waals surface area contributed by atoms with E-state index in [1.807, 2.05) is 32.0 Å². The van der Waals surface area contributed by atoms with Crippen LogP contribution in [0.1, 0.15) is 32.8 Å². The lowest BCUT2D eigenvalue weighted by molar-refractivity contribution is 0.222. The quantitative estimate of drug-likeness (QED) is 0.873. The molecular formula is C15H19ClN4O. The summed E-state index contributed by atoms with van der Waals surface area (Å²) in [6.45, 7) is 5.95. The molecule has 0 unspecified atom stereocenters. The third kappa shape index (κ3) is 4.56. The van der Waals surface area contributed by atoms with Crippen LogP contribution in [0, 0.1) is 0 Å². The summed E-state index contributed by atoms with van der Waals surface area (Å²) in [5, 5.41) is 3.29. The Labute approximate surface area is 129 Å². The van der Waals surface area contributed by atoms with Crippen molar-refractivity contribution in [3.63, 3.8) is 0 Å². The molecular weight excluding hydrogens is 288 g/mol. The maximum atomic E-state index is 5.92. The van der Waals surface area contributed by atoms with E-state index in [4.69, 9.17) is 16.3 Å². The van der Waals surface area contributed by atoms with Crippen molar-refractivity contribution in [2.45, 2.75) is 39.7 Å². The van der Waals surface area contributed by atoms with Crippen molar-refractivity contribution in [1.82, 2.24) is 15.0 Å². The molecule has 5 nitrogen and oxygen atoms in total. The SMILES string of the molecule is CCCc1ccccc1Nc1nc(Cl)nc(OC(C)C)n1. The van der Waals surface area contributed by atoms with Gasteiger partial charge in [0.05, 0.1) is 6.10 Å². The van der Waals surface area contributed by atoms with Crippen molar-refractivity contribution >= 4 is 23.2 Å². The van der Waals surface area contributed by atoms with E-state index in [2.05, 4.69) is 33.3 Å². The van der Waals surface area contributed by atoms with Gasteiger partial charge in [0.25, 0.3) is 0 Å². The number of ether oxygens (including phenoxy) is 1. The van der Waals surface area contributed by atoms with E-state index in [1.165, 1.54) is 5.56 Å². The van der Waals surface area contributed by atoms with E-state index in [0.29, 0.717) is 5.95 Å². The largest absolute Gasteiger partial charge is 0.461 e. The molecule has 1 aromatic carbocycles. The number of halogens is 1. The molecule has 6 heteroatoms. The fraction of sp³-hybridized carbons (Fsp3) is 0.400. The number of para-hydroxylation sites is 1. The highest BCUT2D eigenvalue weighted by atomic mass is 35.5. The molecule has 0 amide bonds.